The fourth-order valence-corrected chi connectivity index (χ4v) is 4.35. The number of pyridine rings is 1. The number of hydrogen-bond acceptors (Lipinski definition) is 3. The summed E-state index contributed by atoms with van der Waals surface area (Å²) in [4.78, 5) is 32.8. The summed E-state index contributed by atoms with van der Waals surface area (Å²) in [7, 11) is 1.57. The molecule has 6 nitrogen and oxygen atoms in total. The molecule has 0 radical (unpaired) electrons. The van der Waals surface area contributed by atoms with Gasteiger partial charge in [-0.15, -0.1) is 0 Å². The van der Waals surface area contributed by atoms with Crippen LogP contribution in [-0.4, -0.2) is 34.4 Å². The number of carbonyl (C=O) groups is 1. The predicted octanol–water partition coefficient (Wildman–Crippen LogP) is 4.43. The topological polar surface area (TPSA) is 78.2 Å². The number of benzene rings is 2. The number of carbonyl (C=O) groups excluding carboxylic acids is 1. The third kappa shape index (κ3) is 3.16. The minimum atomic E-state index is -2.67. The van der Waals surface area contributed by atoms with Crippen LogP contribution in [0.15, 0.2) is 47.3 Å². The lowest BCUT2D eigenvalue weighted by molar-refractivity contribution is 0.0333. The standard InChI is InChI=1S/C23H18F3N3O3/c1-29(23(31)17-8-14-13(21(25)26)3-2-4-16(14)27-17)19-10-32-9-18-20(19)12-6-5-11(24)7-15(12)22(30)28-18/h2-8,19,21,27H,9-10H2,1H3,(H,28,30)/t19-/m1/s1. The Morgan fingerprint density at radius 3 is 2.72 bits per heavy atom. The van der Waals surface area contributed by atoms with Crippen molar-refractivity contribution in [3.63, 3.8) is 0 Å². The van der Waals surface area contributed by atoms with Gasteiger partial charge >= 0.3 is 0 Å². The lowest BCUT2D eigenvalue weighted by Crippen LogP contribution is -2.37. The van der Waals surface area contributed by atoms with Crippen LogP contribution in [0.25, 0.3) is 21.7 Å². The Kier molecular flexibility index (Phi) is 4.78. The molecule has 1 aliphatic heterocycles. The van der Waals surface area contributed by atoms with Crippen molar-refractivity contribution in [1.82, 2.24) is 14.9 Å². The summed E-state index contributed by atoms with van der Waals surface area (Å²) >= 11 is 0. The molecule has 3 heterocycles. The fourth-order valence-electron chi connectivity index (χ4n) is 4.35. The first kappa shape index (κ1) is 20.3. The van der Waals surface area contributed by atoms with Crippen LogP contribution in [0.4, 0.5) is 13.2 Å². The molecule has 1 amide bonds. The van der Waals surface area contributed by atoms with Gasteiger partial charge in [0.15, 0.2) is 0 Å². The number of ether oxygens (including phenoxy) is 1. The summed E-state index contributed by atoms with van der Waals surface area (Å²) in [5.41, 5.74) is 1.18. The van der Waals surface area contributed by atoms with Gasteiger partial charge in [0.1, 0.15) is 11.5 Å². The second kappa shape index (κ2) is 7.52. The van der Waals surface area contributed by atoms with Crippen LogP contribution in [0.5, 0.6) is 0 Å². The molecule has 0 bridgehead atoms. The first-order chi connectivity index (χ1) is 15.3. The van der Waals surface area contributed by atoms with E-state index in [-0.39, 0.29) is 35.2 Å². The zero-order valence-corrected chi connectivity index (χ0v) is 16.9. The molecule has 1 atom stereocenters. The van der Waals surface area contributed by atoms with E-state index >= 15 is 0 Å². The van der Waals surface area contributed by atoms with Gasteiger partial charge in [-0.25, -0.2) is 13.2 Å². The van der Waals surface area contributed by atoms with Gasteiger partial charge in [0.2, 0.25) is 0 Å². The van der Waals surface area contributed by atoms with Crippen LogP contribution in [0.1, 0.15) is 39.8 Å². The van der Waals surface area contributed by atoms with Gasteiger partial charge in [-0.05, 0) is 29.7 Å². The molecular weight excluding hydrogens is 423 g/mol. The van der Waals surface area contributed by atoms with Crippen molar-refractivity contribution in [1.29, 1.82) is 0 Å². The zero-order valence-electron chi connectivity index (χ0n) is 16.9. The first-order valence-corrected chi connectivity index (χ1v) is 9.94. The maximum atomic E-state index is 13.7. The first-order valence-electron chi connectivity index (χ1n) is 9.94. The average Bonchev–Trinajstić information content (AvgIpc) is 3.22. The minimum Gasteiger partial charge on any atom is -0.373 e. The number of aromatic nitrogens is 2. The quantitative estimate of drug-likeness (QED) is 0.494. The number of nitrogens with zero attached hydrogens (tertiary/aromatic N) is 1. The van der Waals surface area contributed by atoms with E-state index in [2.05, 4.69) is 9.97 Å². The number of rotatable bonds is 3. The number of amides is 1. The second-order valence-electron chi connectivity index (χ2n) is 7.78. The molecule has 32 heavy (non-hydrogen) atoms. The number of hydrogen-bond donors (Lipinski definition) is 2. The molecule has 0 fully saturated rings. The van der Waals surface area contributed by atoms with Crippen molar-refractivity contribution in [3.8, 4) is 0 Å². The largest absolute Gasteiger partial charge is 0.373 e. The Labute approximate surface area is 179 Å². The average molecular weight is 441 g/mol. The molecule has 2 aromatic carbocycles. The highest BCUT2D eigenvalue weighted by molar-refractivity contribution is 5.99. The highest BCUT2D eigenvalue weighted by atomic mass is 19.3. The Morgan fingerprint density at radius 2 is 1.94 bits per heavy atom. The number of fused-ring (bicyclic) bond motifs is 4. The van der Waals surface area contributed by atoms with Gasteiger partial charge in [-0.1, -0.05) is 18.2 Å². The predicted molar refractivity (Wildman–Crippen MR) is 112 cm³/mol. The molecule has 5 rings (SSSR count). The lowest BCUT2D eigenvalue weighted by Gasteiger charge is -2.33. The molecule has 1 aliphatic rings. The summed E-state index contributed by atoms with van der Waals surface area (Å²) in [6.07, 6.45) is -2.67. The molecule has 9 heteroatoms. The van der Waals surface area contributed by atoms with E-state index in [0.717, 1.165) is 6.07 Å². The van der Waals surface area contributed by atoms with Gasteiger partial charge in [-0.2, -0.15) is 0 Å². The van der Waals surface area contributed by atoms with Crippen molar-refractivity contribution in [2.45, 2.75) is 19.1 Å². The fraction of sp³-hybridized carbons (Fsp3) is 0.217. The third-order valence-electron chi connectivity index (χ3n) is 5.91. The van der Waals surface area contributed by atoms with E-state index in [1.165, 1.54) is 35.2 Å². The summed E-state index contributed by atoms with van der Waals surface area (Å²) in [5, 5.41) is 1.00. The summed E-state index contributed by atoms with van der Waals surface area (Å²) in [6.45, 7) is 0.316. The van der Waals surface area contributed by atoms with E-state index in [1.807, 2.05) is 0 Å². The highest BCUT2D eigenvalue weighted by Gasteiger charge is 2.31. The van der Waals surface area contributed by atoms with Crippen molar-refractivity contribution < 1.29 is 22.7 Å². The van der Waals surface area contributed by atoms with Crippen LogP contribution in [-0.2, 0) is 11.3 Å². The second-order valence-corrected chi connectivity index (χ2v) is 7.78. The number of likely N-dealkylation sites (N-methyl/N-ethyl adjacent to an activating group) is 1. The summed E-state index contributed by atoms with van der Waals surface area (Å²) in [6, 6.07) is 9.25. The van der Waals surface area contributed by atoms with Crippen molar-refractivity contribution in [2.75, 3.05) is 13.7 Å². The highest BCUT2D eigenvalue weighted by Crippen LogP contribution is 2.34. The minimum absolute atomic E-state index is 0.153. The number of halogens is 3. The van der Waals surface area contributed by atoms with Gasteiger partial charge in [0.05, 0.1) is 24.6 Å². The van der Waals surface area contributed by atoms with Crippen LogP contribution >= 0.6 is 0 Å². The summed E-state index contributed by atoms with van der Waals surface area (Å²) < 4.78 is 46.1. The molecule has 0 saturated heterocycles. The Morgan fingerprint density at radius 1 is 1.12 bits per heavy atom. The van der Waals surface area contributed by atoms with Gasteiger partial charge in [0, 0.05) is 34.8 Å². The molecule has 2 aromatic heterocycles. The van der Waals surface area contributed by atoms with Crippen LogP contribution < -0.4 is 5.56 Å². The monoisotopic (exact) mass is 441 g/mol. The van der Waals surface area contributed by atoms with E-state index in [9.17, 15) is 22.8 Å². The normalized spacial score (nSPS) is 16.0. The zero-order chi connectivity index (χ0) is 22.6. The van der Waals surface area contributed by atoms with Crippen molar-refractivity contribution >= 4 is 27.6 Å². The molecule has 164 valence electrons. The van der Waals surface area contributed by atoms with Crippen LogP contribution in [0, 0.1) is 5.82 Å². The Hall–Kier alpha value is -3.59. The van der Waals surface area contributed by atoms with Gasteiger partial charge in [0.25, 0.3) is 17.9 Å². The summed E-state index contributed by atoms with van der Waals surface area (Å²) in [5.74, 6) is -0.965. The van der Waals surface area contributed by atoms with E-state index in [1.54, 1.807) is 13.1 Å². The Balaban J connectivity index is 1.59. The smallest absolute Gasteiger partial charge is 0.270 e. The van der Waals surface area contributed by atoms with E-state index in [0.29, 0.717) is 22.2 Å². The Bertz CT molecular complexity index is 1430. The molecule has 4 aromatic rings. The number of H-pyrrole nitrogens is 2. The SMILES string of the molecule is CN(C(=O)c1cc2c(C(F)F)cccc2[nH]1)[C@@H]1COCc2[nH]c(=O)c3cc(F)ccc3c21. The number of alkyl halides is 2. The number of nitrogens with one attached hydrogen (secondary N) is 2. The van der Waals surface area contributed by atoms with E-state index < -0.39 is 29.8 Å². The third-order valence-corrected chi connectivity index (χ3v) is 5.91. The molecule has 0 spiro atoms. The lowest BCUT2D eigenvalue weighted by atomic mass is 9.95. The van der Waals surface area contributed by atoms with Gasteiger partial charge in [-0.3, -0.25) is 9.59 Å². The van der Waals surface area contributed by atoms with Crippen LogP contribution in [0.2, 0.25) is 0 Å². The van der Waals surface area contributed by atoms with Gasteiger partial charge < -0.3 is 19.6 Å². The maximum absolute atomic E-state index is 13.7. The van der Waals surface area contributed by atoms with Crippen molar-refractivity contribution in [3.05, 3.63) is 81.2 Å². The number of aromatic amines is 2. The maximum Gasteiger partial charge on any atom is 0.270 e. The molecule has 0 aliphatic carbocycles. The molecular formula is C23H18F3N3O3. The van der Waals surface area contributed by atoms with E-state index in [4.69, 9.17) is 4.74 Å². The van der Waals surface area contributed by atoms with Crippen LogP contribution in [0.3, 0.4) is 0 Å². The molecule has 2 N–H and O–H groups in total. The molecule has 0 saturated carbocycles. The van der Waals surface area contributed by atoms with Crippen molar-refractivity contribution in [2.24, 2.45) is 0 Å². The molecule has 0 unspecified atom stereocenters.